The highest BCUT2D eigenvalue weighted by molar-refractivity contribution is 7.80. The van der Waals surface area contributed by atoms with Gasteiger partial charge >= 0.3 is 5.97 Å². The average Bonchev–Trinajstić information content (AvgIpc) is 3.16. The molecule has 0 saturated carbocycles. The number of amides is 1. The lowest BCUT2D eigenvalue weighted by Crippen LogP contribution is -2.61. The van der Waals surface area contributed by atoms with Gasteiger partial charge in [-0.2, -0.15) is 0 Å². The van der Waals surface area contributed by atoms with Crippen LogP contribution in [0.15, 0.2) is 60.7 Å². The molecular formula is C24H29N3O3S. The normalized spacial score (nSPS) is 20.8. The van der Waals surface area contributed by atoms with Gasteiger partial charge in [-0.15, -0.1) is 0 Å². The Bertz CT molecular complexity index is 944. The molecule has 7 heteroatoms. The number of ether oxygens (including phenoxy) is 1. The first-order valence-electron chi connectivity index (χ1n) is 10.3. The van der Waals surface area contributed by atoms with E-state index < -0.39 is 11.0 Å². The first kappa shape index (κ1) is 22.9. The van der Waals surface area contributed by atoms with Crippen molar-refractivity contribution < 1.29 is 14.3 Å². The fourth-order valence-corrected chi connectivity index (χ4v) is 4.25. The number of thiocarbonyl (C=S) groups is 1. The SMILES string of the molecule is CC(C)(C)C(=O)OCC1NCCC1(c1ccccc1)N(C(=O)c1ccccc1)C(N)=S. The third kappa shape index (κ3) is 4.62. The van der Waals surface area contributed by atoms with Gasteiger partial charge in [-0.3, -0.25) is 14.5 Å². The van der Waals surface area contributed by atoms with Gasteiger partial charge in [0.05, 0.1) is 17.0 Å². The summed E-state index contributed by atoms with van der Waals surface area (Å²) in [6.07, 6.45) is 0.574. The van der Waals surface area contributed by atoms with E-state index in [-0.39, 0.29) is 29.6 Å². The number of nitrogens with two attached hydrogens (primary N) is 1. The number of benzene rings is 2. The molecule has 2 aromatic rings. The van der Waals surface area contributed by atoms with Gasteiger partial charge in [0.1, 0.15) is 6.61 Å². The predicted octanol–water partition coefficient (Wildman–Crippen LogP) is 3.22. The summed E-state index contributed by atoms with van der Waals surface area (Å²) in [5.74, 6) is -0.591. The minimum absolute atomic E-state index is 0.0199. The molecule has 3 N–H and O–H groups in total. The van der Waals surface area contributed by atoms with E-state index in [1.165, 1.54) is 4.90 Å². The van der Waals surface area contributed by atoms with Crippen LogP contribution in [0.4, 0.5) is 0 Å². The maximum Gasteiger partial charge on any atom is 0.311 e. The summed E-state index contributed by atoms with van der Waals surface area (Å²) >= 11 is 5.40. The van der Waals surface area contributed by atoms with Gasteiger partial charge in [0.25, 0.3) is 5.91 Å². The minimum Gasteiger partial charge on any atom is -0.464 e. The second-order valence-corrected chi connectivity index (χ2v) is 9.16. The van der Waals surface area contributed by atoms with Gasteiger partial charge in [-0.05, 0) is 63.7 Å². The maximum atomic E-state index is 13.6. The molecule has 6 nitrogen and oxygen atoms in total. The molecule has 0 radical (unpaired) electrons. The molecule has 1 fully saturated rings. The standard InChI is InChI=1S/C24H29N3O3S/c1-23(2,3)21(29)30-16-19-24(14-15-26-19,18-12-8-5-9-13-18)27(22(25)31)20(28)17-10-6-4-7-11-17/h4-13,19,26H,14-16H2,1-3H3,(H2,25,31). The second kappa shape index (κ2) is 9.16. The van der Waals surface area contributed by atoms with Gasteiger partial charge in [-0.1, -0.05) is 48.5 Å². The number of esters is 1. The van der Waals surface area contributed by atoms with Crippen LogP contribution in [0.1, 0.15) is 43.1 Å². The molecule has 0 spiro atoms. The molecule has 0 aromatic heterocycles. The Morgan fingerprint density at radius 3 is 2.26 bits per heavy atom. The molecule has 1 saturated heterocycles. The van der Waals surface area contributed by atoms with Crippen LogP contribution in [0.5, 0.6) is 0 Å². The Morgan fingerprint density at radius 2 is 1.71 bits per heavy atom. The van der Waals surface area contributed by atoms with Crippen LogP contribution in [-0.4, -0.2) is 41.1 Å². The van der Waals surface area contributed by atoms with Crippen molar-refractivity contribution in [1.29, 1.82) is 0 Å². The van der Waals surface area contributed by atoms with Crippen LogP contribution in [0.2, 0.25) is 0 Å². The van der Waals surface area contributed by atoms with Crippen molar-refractivity contribution in [2.45, 2.75) is 38.8 Å². The molecule has 2 atom stereocenters. The van der Waals surface area contributed by atoms with Crippen LogP contribution in [-0.2, 0) is 15.1 Å². The maximum absolute atomic E-state index is 13.6. The number of hydrogen-bond donors (Lipinski definition) is 2. The van der Waals surface area contributed by atoms with Crippen LogP contribution < -0.4 is 11.1 Å². The van der Waals surface area contributed by atoms with Gasteiger partial charge in [0, 0.05) is 5.56 Å². The highest BCUT2D eigenvalue weighted by Gasteiger charge is 2.52. The molecule has 1 amide bonds. The topological polar surface area (TPSA) is 84.7 Å². The van der Waals surface area contributed by atoms with E-state index >= 15 is 0 Å². The summed E-state index contributed by atoms with van der Waals surface area (Å²) < 4.78 is 5.66. The van der Waals surface area contributed by atoms with Gasteiger partial charge < -0.3 is 15.8 Å². The minimum atomic E-state index is -0.891. The van der Waals surface area contributed by atoms with Gasteiger partial charge in [0.15, 0.2) is 5.11 Å². The zero-order chi connectivity index (χ0) is 22.6. The van der Waals surface area contributed by atoms with Crippen LogP contribution in [0.3, 0.4) is 0 Å². The third-order valence-corrected chi connectivity index (χ3v) is 5.77. The molecular weight excluding hydrogens is 410 g/mol. The first-order chi connectivity index (χ1) is 14.7. The number of carbonyl (C=O) groups is 2. The summed E-state index contributed by atoms with van der Waals surface area (Å²) in [5, 5.41) is 3.39. The fourth-order valence-electron chi connectivity index (χ4n) is 4.01. The zero-order valence-corrected chi connectivity index (χ0v) is 18.9. The average molecular weight is 440 g/mol. The van der Waals surface area contributed by atoms with Crippen molar-refractivity contribution in [3.63, 3.8) is 0 Å². The molecule has 1 aliphatic rings. The molecule has 0 aliphatic carbocycles. The summed E-state index contributed by atoms with van der Waals surface area (Å²) in [6, 6.07) is 18.2. The lowest BCUT2D eigenvalue weighted by molar-refractivity contribution is -0.154. The Balaban J connectivity index is 2.07. The van der Waals surface area contributed by atoms with Crippen molar-refractivity contribution in [3.8, 4) is 0 Å². The summed E-state index contributed by atoms with van der Waals surface area (Å²) in [6.45, 7) is 6.13. The highest BCUT2D eigenvalue weighted by Crippen LogP contribution is 2.40. The quantitative estimate of drug-likeness (QED) is 0.550. The lowest BCUT2D eigenvalue weighted by atomic mass is 9.81. The van der Waals surface area contributed by atoms with Crippen LogP contribution >= 0.6 is 12.2 Å². The Labute approximate surface area is 188 Å². The number of hydrogen-bond acceptors (Lipinski definition) is 5. The Morgan fingerprint density at radius 1 is 1.13 bits per heavy atom. The summed E-state index contributed by atoms with van der Waals surface area (Å²) in [7, 11) is 0. The first-order valence-corrected chi connectivity index (χ1v) is 10.7. The molecule has 164 valence electrons. The van der Waals surface area contributed by atoms with E-state index in [0.29, 0.717) is 18.5 Å². The monoisotopic (exact) mass is 439 g/mol. The smallest absolute Gasteiger partial charge is 0.311 e. The van der Waals surface area contributed by atoms with E-state index in [2.05, 4.69) is 5.32 Å². The molecule has 2 aromatic carbocycles. The second-order valence-electron chi connectivity index (χ2n) is 8.74. The number of rotatable bonds is 5. The molecule has 3 rings (SSSR count). The van der Waals surface area contributed by atoms with Crippen LogP contribution in [0, 0.1) is 5.41 Å². The molecule has 2 unspecified atom stereocenters. The number of carbonyl (C=O) groups excluding carboxylic acids is 2. The van der Waals surface area contributed by atoms with E-state index in [4.69, 9.17) is 22.7 Å². The van der Waals surface area contributed by atoms with Crippen molar-refractivity contribution in [2.24, 2.45) is 11.1 Å². The van der Waals surface area contributed by atoms with E-state index in [0.717, 1.165) is 5.56 Å². The number of nitrogens with zero attached hydrogens (tertiary/aromatic N) is 1. The van der Waals surface area contributed by atoms with E-state index in [1.54, 1.807) is 24.3 Å². The highest BCUT2D eigenvalue weighted by atomic mass is 32.1. The van der Waals surface area contributed by atoms with E-state index in [9.17, 15) is 9.59 Å². The largest absolute Gasteiger partial charge is 0.464 e. The third-order valence-electron chi connectivity index (χ3n) is 5.58. The van der Waals surface area contributed by atoms with Crippen molar-refractivity contribution in [2.75, 3.05) is 13.2 Å². The van der Waals surface area contributed by atoms with Gasteiger partial charge in [0.2, 0.25) is 0 Å². The van der Waals surface area contributed by atoms with E-state index in [1.807, 2.05) is 57.2 Å². The zero-order valence-electron chi connectivity index (χ0n) is 18.1. The summed E-state index contributed by atoms with van der Waals surface area (Å²) in [4.78, 5) is 27.6. The van der Waals surface area contributed by atoms with Crippen molar-refractivity contribution in [3.05, 3.63) is 71.8 Å². The lowest BCUT2D eigenvalue weighted by Gasteiger charge is -2.44. The Kier molecular flexibility index (Phi) is 6.77. The van der Waals surface area contributed by atoms with Crippen molar-refractivity contribution in [1.82, 2.24) is 10.2 Å². The molecule has 31 heavy (non-hydrogen) atoms. The fraction of sp³-hybridized carbons (Fsp3) is 0.375. The molecule has 1 aliphatic heterocycles. The molecule has 1 heterocycles. The Hall–Kier alpha value is -2.77. The summed E-state index contributed by atoms with van der Waals surface area (Å²) in [5.41, 5.74) is 6.02. The van der Waals surface area contributed by atoms with Crippen molar-refractivity contribution >= 4 is 29.2 Å². The van der Waals surface area contributed by atoms with Crippen LogP contribution in [0.25, 0.3) is 0 Å². The predicted molar refractivity (Wildman–Crippen MR) is 124 cm³/mol. The number of nitrogens with one attached hydrogen (secondary N) is 1. The molecule has 0 bridgehead atoms. The van der Waals surface area contributed by atoms with Gasteiger partial charge in [-0.25, -0.2) is 0 Å².